The normalized spacial score (nSPS) is 18.6. The SMILES string of the molecule is CC(=O)N1CCN(C(=O)C2CCN(C(=O)c3ccc(F)cc3F)CC2)CC1. The fraction of sp³-hybridized carbons (Fsp3) is 0.526. The van der Waals surface area contributed by atoms with Crippen molar-refractivity contribution in [1.29, 1.82) is 0 Å². The molecular weight excluding hydrogens is 356 g/mol. The zero-order valence-corrected chi connectivity index (χ0v) is 15.3. The number of piperazine rings is 1. The van der Waals surface area contributed by atoms with E-state index >= 15 is 0 Å². The zero-order valence-electron chi connectivity index (χ0n) is 15.3. The molecule has 0 unspecified atom stereocenters. The minimum absolute atomic E-state index is 0.0157. The Morgan fingerprint density at radius 3 is 2.04 bits per heavy atom. The summed E-state index contributed by atoms with van der Waals surface area (Å²) in [6.07, 6.45) is 1.03. The molecule has 0 bridgehead atoms. The molecule has 2 fully saturated rings. The molecule has 0 saturated carbocycles. The maximum absolute atomic E-state index is 13.8. The summed E-state index contributed by atoms with van der Waals surface area (Å²) < 4.78 is 26.8. The van der Waals surface area contributed by atoms with Crippen molar-refractivity contribution >= 4 is 17.7 Å². The summed E-state index contributed by atoms with van der Waals surface area (Å²) >= 11 is 0. The highest BCUT2D eigenvalue weighted by molar-refractivity contribution is 5.94. The number of likely N-dealkylation sites (tertiary alicyclic amines) is 1. The van der Waals surface area contributed by atoms with E-state index in [0.29, 0.717) is 58.2 Å². The van der Waals surface area contributed by atoms with E-state index in [1.165, 1.54) is 11.8 Å². The first-order valence-electron chi connectivity index (χ1n) is 9.15. The number of piperidine rings is 1. The summed E-state index contributed by atoms with van der Waals surface area (Å²) in [7, 11) is 0. The van der Waals surface area contributed by atoms with Gasteiger partial charge in [0.2, 0.25) is 11.8 Å². The van der Waals surface area contributed by atoms with Gasteiger partial charge in [0.15, 0.2) is 0 Å². The molecule has 0 atom stereocenters. The molecule has 1 aromatic rings. The molecule has 2 heterocycles. The van der Waals surface area contributed by atoms with Crippen LogP contribution >= 0.6 is 0 Å². The third-order valence-corrected chi connectivity index (χ3v) is 5.33. The van der Waals surface area contributed by atoms with Gasteiger partial charge < -0.3 is 14.7 Å². The molecule has 1 aromatic carbocycles. The minimum atomic E-state index is -0.874. The van der Waals surface area contributed by atoms with Gasteiger partial charge in [-0.2, -0.15) is 0 Å². The molecule has 0 spiro atoms. The Bertz CT molecular complexity index is 740. The smallest absolute Gasteiger partial charge is 0.256 e. The number of nitrogens with zero attached hydrogens (tertiary/aromatic N) is 3. The van der Waals surface area contributed by atoms with Gasteiger partial charge in [0, 0.05) is 58.2 Å². The monoisotopic (exact) mass is 379 g/mol. The van der Waals surface area contributed by atoms with Gasteiger partial charge in [-0.25, -0.2) is 8.78 Å². The number of halogens is 2. The number of hydrogen-bond acceptors (Lipinski definition) is 3. The lowest BCUT2D eigenvalue weighted by molar-refractivity contribution is -0.142. The Morgan fingerprint density at radius 2 is 1.48 bits per heavy atom. The second kappa shape index (κ2) is 8.02. The average Bonchev–Trinajstić information content (AvgIpc) is 2.67. The van der Waals surface area contributed by atoms with Gasteiger partial charge in [-0.15, -0.1) is 0 Å². The molecule has 27 heavy (non-hydrogen) atoms. The fourth-order valence-electron chi connectivity index (χ4n) is 3.66. The van der Waals surface area contributed by atoms with E-state index in [1.807, 2.05) is 0 Å². The maximum atomic E-state index is 13.8. The first-order valence-corrected chi connectivity index (χ1v) is 9.15. The van der Waals surface area contributed by atoms with Crippen LogP contribution in [-0.2, 0) is 9.59 Å². The van der Waals surface area contributed by atoms with Crippen LogP contribution in [0, 0.1) is 17.6 Å². The van der Waals surface area contributed by atoms with Crippen LogP contribution in [0.5, 0.6) is 0 Å². The summed E-state index contributed by atoms with van der Waals surface area (Å²) in [5.41, 5.74) is -0.151. The summed E-state index contributed by atoms with van der Waals surface area (Å²) in [5.74, 6) is -2.18. The quantitative estimate of drug-likeness (QED) is 0.783. The van der Waals surface area contributed by atoms with Crippen LogP contribution in [0.15, 0.2) is 18.2 Å². The highest BCUT2D eigenvalue weighted by atomic mass is 19.1. The summed E-state index contributed by atoms with van der Waals surface area (Å²) in [5, 5.41) is 0. The minimum Gasteiger partial charge on any atom is -0.339 e. The molecular formula is C19H23F2N3O3. The lowest BCUT2D eigenvalue weighted by Crippen LogP contribution is -2.52. The maximum Gasteiger partial charge on any atom is 0.256 e. The lowest BCUT2D eigenvalue weighted by Gasteiger charge is -2.38. The van der Waals surface area contributed by atoms with Gasteiger partial charge in [0.1, 0.15) is 11.6 Å². The van der Waals surface area contributed by atoms with Crippen molar-refractivity contribution in [3.63, 3.8) is 0 Å². The van der Waals surface area contributed by atoms with Crippen LogP contribution in [0.1, 0.15) is 30.1 Å². The Kier molecular flexibility index (Phi) is 5.72. The van der Waals surface area contributed by atoms with E-state index < -0.39 is 17.5 Å². The molecule has 0 radical (unpaired) electrons. The molecule has 3 amide bonds. The second-order valence-corrected chi connectivity index (χ2v) is 7.02. The number of benzene rings is 1. The molecule has 2 aliphatic rings. The van der Waals surface area contributed by atoms with Crippen LogP contribution < -0.4 is 0 Å². The van der Waals surface area contributed by atoms with Gasteiger partial charge in [-0.3, -0.25) is 14.4 Å². The van der Waals surface area contributed by atoms with E-state index in [2.05, 4.69) is 0 Å². The lowest BCUT2D eigenvalue weighted by atomic mass is 9.94. The van der Waals surface area contributed by atoms with Gasteiger partial charge in [-0.1, -0.05) is 0 Å². The number of rotatable bonds is 2. The first-order chi connectivity index (χ1) is 12.9. The Morgan fingerprint density at radius 1 is 0.889 bits per heavy atom. The van der Waals surface area contributed by atoms with Gasteiger partial charge in [0.05, 0.1) is 5.56 Å². The molecule has 2 aliphatic heterocycles. The number of amides is 3. The Balaban J connectivity index is 1.53. The first kappa shape index (κ1) is 19.3. The van der Waals surface area contributed by atoms with Gasteiger partial charge in [0.25, 0.3) is 5.91 Å². The van der Waals surface area contributed by atoms with Crippen molar-refractivity contribution in [3.05, 3.63) is 35.4 Å². The zero-order chi connectivity index (χ0) is 19.6. The fourth-order valence-corrected chi connectivity index (χ4v) is 3.66. The average molecular weight is 379 g/mol. The van der Waals surface area contributed by atoms with E-state index in [0.717, 1.165) is 12.1 Å². The van der Waals surface area contributed by atoms with Crippen LogP contribution in [0.3, 0.4) is 0 Å². The third-order valence-electron chi connectivity index (χ3n) is 5.33. The summed E-state index contributed by atoms with van der Waals surface area (Å²) in [6.45, 7) is 4.38. The predicted octanol–water partition coefficient (Wildman–Crippen LogP) is 1.51. The van der Waals surface area contributed by atoms with Gasteiger partial charge >= 0.3 is 0 Å². The van der Waals surface area contributed by atoms with E-state index in [9.17, 15) is 23.2 Å². The van der Waals surface area contributed by atoms with Crippen LogP contribution in [-0.4, -0.2) is 71.7 Å². The van der Waals surface area contributed by atoms with Crippen molar-refractivity contribution in [1.82, 2.24) is 14.7 Å². The molecule has 0 aromatic heterocycles. The standard InChI is InChI=1S/C19H23F2N3O3/c1-13(25)22-8-10-24(11-9-22)18(26)14-4-6-23(7-5-14)19(27)16-3-2-15(20)12-17(16)21/h2-3,12,14H,4-11H2,1H3. The van der Waals surface area contributed by atoms with Crippen molar-refractivity contribution in [3.8, 4) is 0 Å². The molecule has 6 nitrogen and oxygen atoms in total. The molecule has 3 rings (SSSR count). The van der Waals surface area contributed by atoms with E-state index in [4.69, 9.17) is 0 Å². The molecule has 2 saturated heterocycles. The predicted molar refractivity (Wildman–Crippen MR) is 93.8 cm³/mol. The molecule has 0 N–H and O–H groups in total. The highest BCUT2D eigenvalue weighted by Crippen LogP contribution is 2.23. The molecule has 0 aliphatic carbocycles. The third kappa shape index (κ3) is 4.26. The van der Waals surface area contributed by atoms with E-state index in [1.54, 1.807) is 9.80 Å². The van der Waals surface area contributed by atoms with Crippen LogP contribution in [0.25, 0.3) is 0 Å². The van der Waals surface area contributed by atoms with Crippen molar-refractivity contribution in [2.45, 2.75) is 19.8 Å². The van der Waals surface area contributed by atoms with Crippen LogP contribution in [0.4, 0.5) is 8.78 Å². The van der Waals surface area contributed by atoms with Crippen molar-refractivity contribution in [2.24, 2.45) is 5.92 Å². The number of hydrogen-bond donors (Lipinski definition) is 0. The van der Waals surface area contributed by atoms with Crippen molar-refractivity contribution < 1.29 is 23.2 Å². The van der Waals surface area contributed by atoms with Crippen molar-refractivity contribution in [2.75, 3.05) is 39.3 Å². The number of carbonyl (C=O) groups is 3. The molecule has 146 valence electrons. The van der Waals surface area contributed by atoms with Gasteiger partial charge in [-0.05, 0) is 25.0 Å². The van der Waals surface area contributed by atoms with E-state index in [-0.39, 0.29) is 23.3 Å². The summed E-state index contributed by atoms with van der Waals surface area (Å²) in [6, 6.07) is 2.91. The molecule has 8 heteroatoms. The number of carbonyl (C=O) groups excluding carboxylic acids is 3. The Hall–Kier alpha value is -2.51. The second-order valence-electron chi connectivity index (χ2n) is 7.02. The Labute approximate surface area is 156 Å². The largest absolute Gasteiger partial charge is 0.339 e. The topological polar surface area (TPSA) is 60.9 Å². The highest BCUT2D eigenvalue weighted by Gasteiger charge is 2.32. The summed E-state index contributed by atoms with van der Waals surface area (Å²) in [4.78, 5) is 41.5. The van der Waals surface area contributed by atoms with Crippen LogP contribution in [0.2, 0.25) is 0 Å².